The fourth-order valence-electron chi connectivity index (χ4n) is 1.81. The van der Waals surface area contributed by atoms with E-state index in [9.17, 15) is 13.6 Å². The van der Waals surface area contributed by atoms with Gasteiger partial charge in [-0.15, -0.1) is 0 Å². The molecule has 0 radical (unpaired) electrons. The summed E-state index contributed by atoms with van der Waals surface area (Å²) < 4.78 is 28.1. The fraction of sp³-hybridized carbons (Fsp3) is 0.417. The lowest BCUT2D eigenvalue weighted by atomic mass is 10.00. The van der Waals surface area contributed by atoms with E-state index >= 15 is 0 Å². The van der Waals surface area contributed by atoms with Gasteiger partial charge in [-0.2, -0.15) is 8.78 Å². The van der Waals surface area contributed by atoms with Crippen LogP contribution in [-0.2, 0) is 0 Å². The number of halogens is 2. The van der Waals surface area contributed by atoms with Crippen molar-refractivity contribution >= 4 is 5.91 Å². The zero-order valence-corrected chi connectivity index (χ0v) is 9.55. The van der Waals surface area contributed by atoms with Crippen molar-refractivity contribution in [3.63, 3.8) is 0 Å². The van der Waals surface area contributed by atoms with E-state index in [1.54, 1.807) is 4.90 Å². The second kappa shape index (κ2) is 5.30. The number of rotatable bonds is 4. The SMILES string of the molecule is O=C(c1ccc(OC(F)F)cc1)N1CC(CO)C1. The second-order valence-electron chi connectivity index (χ2n) is 4.16. The summed E-state index contributed by atoms with van der Waals surface area (Å²) in [5.41, 5.74) is 0.424. The summed E-state index contributed by atoms with van der Waals surface area (Å²) >= 11 is 0. The van der Waals surface area contributed by atoms with Crippen LogP contribution in [0.2, 0.25) is 0 Å². The molecule has 0 spiro atoms. The van der Waals surface area contributed by atoms with E-state index < -0.39 is 6.61 Å². The van der Waals surface area contributed by atoms with Gasteiger partial charge in [0.1, 0.15) is 5.75 Å². The quantitative estimate of drug-likeness (QED) is 0.885. The third kappa shape index (κ3) is 2.76. The first-order chi connectivity index (χ1) is 8.60. The molecule has 1 aliphatic rings. The van der Waals surface area contributed by atoms with Gasteiger partial charge in [0.2, 0.25) is 0 Å². The van der Waals surface area contributed by atoms with E-state index in [1.807, 2.05) is 0 Å². The highest BCUT2D eigenvalue weighted by atomic mass is 19.3. The van der Waals surface area contributed by atoms with Crippen LogP contribution in [0.3, 0.4) is 0 Å². The normalized spacial score (nSPS) is 15.7. The van der Waals surface area contributed by atoms with Gasteiger partial charge in [0.25, 0.3) is 5.91 Å². The number of alkyl halides is 2. The molecular formula is C12H13F2NO3. The minimum absolute atomic E-state index is 0.0263. The smallest absolute Gasteiger partial charge is 0.387 e. The van der Waals surface area contributed by atoms with Crippen molar-refractivity contribution in [2.24, 2.45) is 5.92 Å². The number of aliphatic hydroxyl groups excluding tert-OH is 1. The molecule has 1 saturated heterocycles. The molecule has 1 heterocycles. The summed E-state index contributed by atoms with van der Waals surface area (Å²) in [5.74, 6) is 0.0112. The van der Waals surface area contributed by atoms with Gasteiger partial charge in [0, 0.05) is 31.2 Å². The predicted molar refractivity (Wildman–Crippen MR) is 59.6 cm³/mol. The lowest BCUT2D eigenvalue weighted by Crippen LogP contribution is -2.51. The summed E-state index contributed by atoms with van der Waals surface area (Å²) in [6.07, 6.45) is 0. The van der Waals surface area contributed by atoms with Crippen LogP contribution < -0.4 is 4.74 Å². The number of hydrogen-bond acceptors (Lipinski definition) is 3. The molecule has 0 aromatic heterocycles. The third-order valence-electron chi connectivity index (χ3n) is 2.83. The first-order valence-corrected chi connectivity index (χ1v) is 5.55. The van der Waals surface area contributed by atoms with Crippen molar-refractivity contribution in [3.05, 3.63) is 29.8 Å². The number of ether oxygens (including phenoxy) is 1. The highest BCUT2D eigenvalue weighted by molar-refractivity contribution is 5.94. The summed E-state index contributed by atoms with van der Waals surface area (Å²) in [6, 6.07) is 5.57. The van der Waals surface area contributed by atoms with Crippen LogP contribution in [0.5, 0.6) is 5.75 Å². The number of likely N-dealkylation sites (tertiary alicyclic amines) is 1. The summed E-state index contributed by atoms with van der Waals surface area (Å²) in [6.45, 7) is -1.73. The Kier molecular flexibility index (Phi) is 3.76. The Morgan fingerprint density at radius 3 is 2.50 bits per heavy atom. The molecule has 1 fully saturated rings. The fourth-order valence-corrected chi connectivity index (χ4v) is 1.81. The average molecular weight is 257 g/mol. The molecule has 0 bridgehead atoms. The molecule has 0 unspecified atom stereocenters. The molecule has 18 heavy (non-hydrogen) atoms. The molecule has 0 saturated carbocycles. The zero-order chi connectivity index (χ0) is 13.1. The molecule has 6 heteroatoms. The molecule has 2 rings (SSSR count). The Labute approximate surface area is 103 Å². The third-order valence-corrected chi connectivity index (χ3v) is 2.83. The van der Waals surface area contributed by atoms with Crippen LogP contribution in [0.15, 0.2) is 24.3 Å². The summed E-state index contributed by atoms with van der Waals surface area (Å²) in [7, 11) is 0. The van der Waals surface area contributed by atoms with E-state index in [-0.39, 0.29) is 24.2 Å². The predicted octanol–water partition coefficient (Wildman–Crippen LogP) is 1.35. The van der Waals surface area contributed by atoms with E-state index in [0.717, 1.165) is 0 Å². The number of nitrogens with zero attached hydrogens (tertiary/aromatic N) is 1. The molecule has 98 valence electrons. The first-order valence-electron chi connectivity index (χ1n) is 5.55. The molecule has 4 nitrogen and oxygen atoms in total. The number of hydrogen-bond donors (Lipinski definition) is 1. The minimum atomic E-state index is -2.87. The van der Waals surface area contributed by atoms with Crippen LogP contribution in [0.25, 0.3) is 0 Å². The lowest BCUT2D eigenvalue weighted by Gasteiger charge is -2.38. The van der Waals surface area contributed by atoms with Crippen molar-refractivity contribution in [1.29, 1.82) is 0 Å². The van der Waals surface area contributed by atoms with Crippen molar-refractivity contribution in [2.45, 2.75) is 6.61 Å². The monoisotopic (exact) mass is 257 g/mol. The van der Waals surface area contributed by atoms with E-state index in [4.69, 9.17) is 5.11 Å². The molecule has 0 aliphatic carbocycles. The van der Waals surface area contributed by atoms with Crippen LogP contribution in [-0.4, -0.2) is 42.2 Å². The summed E-state index contributed by atoms with van der Waals surface area (Å²) in [4.78, 5) is 13.5. The highest BCUT2D eigenvalue weighted by Gasteiger charge is 2.30. The maximum absolute atomic E-state index is 11.9. The number of amides is 1. The van der Waals surface area contributed by atoms with Gasteiger partial charge in [0.05, 0.1) is 0 Å². The van der Waals surface area contributed by atoms with Gasteiger partial charge < -0.3 is 14.7 Å². The number of benzene rings is 1. The lowest BCUT2D eigenvalue weighted by molar-refractivity contribution is -0.0498. The van der Waals surface area contributed by atoms with Gasteiger partial charge in [-0.3, -0.25) is 4.79 Å². The molecule has 1 N–H and O–H groups in total. The molecule has 1 aromatic rings. The molecular weight excluding hydrogens is 244 g/mol. The Balaban J connectivity index is 1.95. The average Bonchev–Trinajstić information content (AvgIpc) is 2.27. The highest BCUT2D eigenvalue weighted by Crippen LogP contribution is 2.20. The molecule has 1 amide bonds. The van der Waals surface area contributed by atoms with Gasteiger partial charge in [-0.05, 0) is 24.3 Å². The Morgan fingerprint density at radius 1 is 1.39 bits per heavy atom. The van der Waals surface area contributed by atoms with E-state index in [2.05, 4.69) is 4.74 Å². The molecule has 0 atom stereocenters. The van der Waals surface area contributed by atoms with Crippen molar-refractivity contribution < 1.29 is 23.4 Å². The van der Waals surface area contributed by atoms with Crippen molar-refractivity contribution in [2.75, 3.05) is 19.7 Å². The Morgan fingerprint density at radius 2 is 2.00 bits per heavy atom. The Hall–Kier alpha value is -1.69. The van der Waals surface area contributed by atoms with Crippen LogP contribution in [0, 0.1) is 5.92 Å². The zero-order valence-electron chi connectivity index (χ0n) is 9.55. The van der Waals surface area contributed by atoms with Crippen molar-refractivity contribution in [3.8, 4) is 5.75 Å². The van der Waals surface area contributed by atoms with Gasteiger partial charge in [-0.1, -0.05) is 0 Å². The summed E-state index contributed by atoms with van der Waals surface area (Å²) in [5, 5.41) is 8.85. The Bertz CT molecular complexity index is 416. The topological polar surface area (TPSA) is 49.8 Å². The van der Waals surface area contributed by atoms with Gasteiger partial charge in [0.15, 0.2) is 0 Å². The molecule has 1 aromatic carbocycles. The largest absolute Gasteiger partial charge is 0.435 e. The number of carbonyl (C=O) groups excluding carboxylic acids is 1. The van der Waals surface area contributed by atoms with E-state index in [0.29, 0.717) is 18.7 Å². The number of aliphatic hydroxyl groups is 1. The van der Waals surface area contributed by atoms with Gasteiger partial charge >= 0.3 is 6.61 Å². The van der Waals surface area contributed by atoms with Crippen LogP contribution in [0.4, 0.5) is 8.78 Å². The van der Waals surface area contributed by atoms with Crippen LogP contribution >= 0.6 is 0 Å². The minimum Gasteiger partial charge on any atom is -0.435 e. The molecule has 1 aliphatic heterocycles. The van der Waals surface area contributed by atoms with Crippen LogP contribution in [0.1, 0.15) is 10.4 Å². The first kappa shape index (κ1) is 12.8. The van der Waals surface area contributed by atoms with E-state index in [1.165, 1.54) is 24.3 Å². The number of carbonyl (C=O) groups is 1. The maximum Gasteiger partial charge on any atom is 0.387 e. The maximum atomic E-state index is 11.9. The second-order valence-corrected chi connectivity index (χ2v) is 4.16. The standard InChI is InChI=1S/C12H13F2NO3/c13-12(14)18-10-3-1-9(2-4-10)11(17)15-5-8(6-15)7-16/h1-4,8,12,16H,5-7H2. The van der Waals surface area contributed by atoms with Gasteiger partial charge in [-0.25, -0.2) is 0 Å². The van der Waals surface area contributed by atoms with Crippen molar-refractivity contribution in [1.82, 2.24) is 4.90 Å².